The molecule has 2 nitrogen and oxygen atoms in total. The maximum absolute atomic E-state index is 9.48. The van der Waals surface area contributed by atoms with E-state index in [1.54, 1.807) is 0 Å². The van der Waals surface area contributed by atoms with Crippen molar-refractivity contribution in [3.05, 3.63) is 0 Å². The predicted octanol–water partition coefficient (Wildman–Crippen LogP) is 0.461. The van der Waals surface area contributed by atoms with E-state index in [2.05, 4.69) is 11.9 Å². The number of nitrogens with zero attached hydrogens (tertiary/aromatic N) is 1. The summed E-state index contributed by atoms with van der Waals surface area (Å²) in [4.78, 5) is 2.31. The van der Waals surface area contributed by atoms with Crippen LogP contribution in [0.2, 0.25) is 0 Å². The Morgan fingerprint density at radius 1 is 1.27 bits per heavy atom. The van der Waals surface area contributed by atoms with E-state index in [4.69, 9.17) is 0 Å². The van der Waals surface area contributed by atoms with E-state index in [0.29, 0.717) is 5.41 Å². The van der Waals surface area contributed by atoms with E-state index in [1.165, 1.54) is 13.1 Å². The second-order valence-electron chi connectivity index (χ2n) is 4.52. The Morgan fingerprint density at radius 3 is 2.00 bits per heavy atom. The number of aliphatic hydroxyl groups is 1. The third-order valence-corrected chi connectivity index (χ3v) is 2.72. The minimum atomic E-state index is -0.332. The topological polar surface area (TPSA) is 23.5 Å². The van der Waals surface area contributed by atoms with Gasteiger partial charge in [0.1, 0.15) is 0 Å². The van der Waals surface area contributed by atoms with Gasteiger partial charge < -0.3 is 10.0 Å². The molecule has 0 unspecified atom stereocenters. The number of hydrogen-bond donors (Lipinski definition) is 1. The van der Waals surface area contributed by atoms with Crippen LogP contribution in [-0.2, 0) is 32.7 Å². The van der Waals surface area contributed by atoms with Crippen LogP contribution in [0.5, 0.6) is 0 Å². The van der Waals surface area contributed by atoms with Gasteiger partial charge in [-0.3, -0.25) is 0 Å². The van der Waals surface area contributed by atoms with Crippen molar-refractivity contribution in [1.82, 2.24) is 4.90 Å². The fraction of sp³-hybridized carbons (Fsp3) is 1.00. The fourth-order valence-electron chi connectivity index (χ4n) is 2.89. The monoisotopic (exact) mass is 230 g/mol. The molecule has 2 rings (SSSR count). The van der Waals surface area contributed by atoms with Gasteiger partial charge in [0.2, 0.25) is 0 Å². The molecule has 2 aliphatic rings. The van der Waals surface area contributed by atoms with Crippen molar-refractivity contribution in [2.24, 2.45) is 5.41 Å². The Balaban J connectivity index is 0.000000605. The molecule has 11 heavy (non-hydrogen) atoms. The maximum atomic E-state index is 9.48. The second kappa shape index (κ2) is 2.76. The van der Waals surface area contributed by atoms with Gasteiger partial charge >= 0.3 is 0 Å². The Labute approximate surface area is 93.2 Å². The molecule has 0 amide bonds. The van der Waals surface area contributed by atoms with E-state index in [-0.39, 0.29) is 38.3 Å². The first-order chi connectivity index (χ1) is 4.52. The molecular formula is C8H15NOY. The van der Waals surface area contributed by atoms with Gasteiger partial charge in [0, 0.05) is 51.2 Å². The van der Waals surface area contributed by atoms with Crippen molar-refractivity contribution < 1.29 is 37.8 Å². The molecule has 1 N–H and O–H groups in total. The summed E-state index contributed by atoms with van der Waals surface area (Å²) in [6, 6.07) is 0. The van der Waals surface area contributed by atoms with E-state index in [1.807, 2.05) is 6.92 Å². The Hall–Kier alpha value is 1.02. The summed E-state index contributed by atoms with van der Waals surface area (Å²) in [5.74, 6) is 0. The van der Waals surface area contributed by atoms with Crippen LogP contribution >= 0.6 is 0 Å². The molecule has 0 aromatic rings. The van der Waals surface area contributed by atoms with Crippen LogP contribution in [0.25, 0.3) is 0 Å². The van der Waals surface area contributed by atoms with Crippen LogP contribution in [-0.4, -0.2) is 35.7 Å². The Kier molecular flexibility index (Phi) is 2.54. The standard InChI is InChI=1S/C8H15NO.Y/c1-7(10)3-8(4-7)5-9(2)6-8;/h10H,3-6H2,1-2H3;. The number of likely N-dealkylation sites (tertiary alicyclic amines) is 1. The van der Waals surface area contributed by atoms with Crippen molar-refractivity contribution in [2.45, 2.75) is 25.4 Å². The third-order valence-electron chi connectivity index (χ3n) is 2.72. The van der Waals surface area contributed by atoms with Gasteiger partial charge in [-0.25, -0.2) is 0 Å². The van der Waals surface area contributed by atoms with Crippen LogP contribution in [0.3, 0.4) is 0 Å². The zero-order valence-corrected chi connectivity index (χ0v) is 10.1. The minimum absolute atomic E-state index is 0. The molecule has 61 valence electrons. The molecule has 1 saturated carbocycles. The van der Waals surface area contributed by atoms with Crippen LogP contribution in [0.15, 0.2) is 0 Å². The van der Waals surface area contributed by atoms with E-state index in [9.17, 15) is 5.11 Å². The van der Waals surface area contributed by atoms with Gasteiger partial charge in [-0.15, -0.1) is 0 Å². The second-order valence-corrected chi connectivity index (χ2v) is 4.52. The summed E-state index contributed by atoms with van der Waals surface area (Å²) in [7, 11) is 2.14. The van der Waals surface area contributed by atoms with Crippen LogP contribution < -0.4 is 0 Å². The molecule has 1 aliphatic heterocycles. The summed E-state index contributed by atoms with van der Waals surface area (Å²) in [5.41, 5.74) is 0.194. The van der Waals surface area contributed by atoms with Gasteiger partial charge in [0.05, 0.1) is 5.60 Å². The van der Waals surface area contributed by atoms with Crippen LogP contribution in [0.1, 0.15) is 19.8 Å². The molecule has 1 heterocycles. The molecule has 0 aromatic heterocycles. The normalized spacial score (nSPS) is 31.9. The molecular weight excluding hydrogens is 215 g/mol. The Morgan fingerprint density at radius 2 is 1.73 bits per heavy atom. The van der Waals surface area contributed by atoms with Gasteiger partial charge in [-0.1, -0.05) is 0 Å². The smallest absolute Gasteiger partial charge is 0.0632 e. The molecule has 1 spiro atoms. The van der Waals surface area contributed by atoms with E-state index >= 15 is 0 Å². The largest absolute Gasteiger partial charge is 0.390 e. The van der Waals surface area contributed by atoms with Gasteiger partial charge in [-0.05, 0) is 26.8 Å². The molecule has 1 aliphatic carbocycles. The van der Waals surface area contributed by atoms with E-state index < -0.39 is 0 Å². The quantitative estimate of drug-likeness (QED) is 0.653. The number of hydrogen-bond acceptors (Lipinski definition) is 2. The zero-order valence-electron chi connectivity index (χ0n) is 7.30. The third kappa shape index (κ3) is 1.69. The molecule has 1 saturated heterocycles. The first-order valence-electron chi connectivity index (χ1n) is 3.92. The molecule has 0 aromatic carbocycles. The number of rotatable bonds is 0. The van der Waals surface area contributed by atoms with Gasteiger partial charge in [0.15, 0.2) is 0 Å². The SMILES string of the molecule is CN1CC2(C1)CC(C)(O)C2.[Y]. The first-order valence-corrected chi connectivity index (χ1v) is 3.92. The van der Waals surface area contributed by atoms with Crippen molar-refractivity contribution in [2.75, 3.05) is 20.1 Å². The van der Waals surface area contributed by atoms with Gasteiger partial charge in [0.25, 0.3) is 0 Å². The van der Waals surface area contributed by atoms with Crippen molar-refractivity contribution in [3.8, 4) is 0 Å². The Bertz CT molecular complexity index is 153. The summed E-state index contributed by atoms with van der Waals surface area (Å²) in [6.07, 6.45) is 2.04. The molecule has 3 heteroatoms. The maximum Gasteiger partial charge on any atom is 0.0632 e. The predicted molar refractivity (Wildman–Crippen MR) is 39.8 cm³/mol. The van der Waals surface area contributed by atoms with Crippen molar-refractivity contribution in [3.63, 3.8) is 0 Å². The summed E-state index contributed by atoms with van der Waals surface area (Å²) in [5, 5.41) is 9.48. The molecule has 2 fully saturated rings. The van der Waals surface area contributed by atoms with Gasteiger partial charge in [-0.2, -0.15) is 0 Å². The first kappa shape index (κ1) is 10.1. The average Bonchev–Trinajstić information content (AvgIpc) is 1.55. The van der Waals surface area contributed by atoms with Crippen LogP contribution in [0.4, 0.5) is 0 Å². The van der Waals surface area contributed by atoms with E-state index in [0.717, 1.165) is 12.8 Å². The summed E-state index contributed by atoms with van der Waals surface area (Å²) < 4.78 is 0. The molecule has 0 bridgehead atoms. The van der Waals surface area contributed by atoms with Crippen molar-refractivity contribution >= 4 is 0 Å². The van der Waals surface area contributed by atoms with Crippen molar-refractivity contribution in [1.29, 1.82) is 0 Å². The molecule has 0 atom stereocenters. The zero-order chi connectivity index (χ0) is 7.41. The average molecular weight is 230 g/mol. The van der Waals surface area contributed by atoms with Crippen LogP contribution in [0, 0.1) is 5.41 Å². The summed E-state index contributed by atoms with van der Waals surface area (Å²) >= 11 is 0. The minimum Gasteiger partial charge on any atom is -0.390 e. The fourth-order valence-corrected chi connectivity index (χ4v) is 2.89. The summed E-state index contributed by atoms with van der Waals surface area (Å²) in [6.45, 7) is 4.34. The molecule has 1 radical (unpaired) electrons.